The molecule has 28 heavy (non-hydrogen) atoms. The number of carbonyl (C=O) groups is 1. The second-order valence-corrected chi connectivity index (χ2v) is 5.68. The average molecular weight is 394 g/mol. The third kappa shape index (κ3) is 3.70. The summed E-state index contributed by atoms with van der Waals surface area (Å²) in [6.45, 7) is -0.219. The van der Waals surface area contributed by atoms with E-state index in [9.17, 15) is 28.1 Å². The molecule has 0 radical (unpaired) electrons. The van der Waals surface area contributed by atoms with Crippen molar-refractivity contribution in [1.29, 1.82) is 0 Å². The standard InChI is InChI=1S/C16H13F3N6O3/c1-20-11-4-2-9(6-12(11)25(27)28)15(26)21-7-14-23-22-13-5-3-10(8-24(13)14)16(17,18)19/h2-6,8,20H,7H2,1H3,(H,21,26). The summed E-state index contributed by atoms with van der Waals surface area (Å²) in [4.78, 5) is 22.7. The topological polar surface area (TPSA) is 114 Å². The molecule has 3 rings (SSSR count). The number of benzene rings is 1. The minimum Gasteiger partial charge on any atom is -0.383 e. The first-order chi connectivity index (χ1) is 13.2. The number of alkyl halides is 3. The molecule has 0 saturated heterocycles. The molecule has 0 unspecified atom stereocenters. The molecular weight excluding hydrogens is 381 g/mol. The lowest BCUT2D eigenvalue weighted by Gasteiger charge is -2.08. The van der Waals surface area contributed by atoms with Crippen molar-refractivity contribution in [2.75, 3.05) is 12.4 Å². The van der Waals surface area contributed by atoms with Gasteiger partial charge in [-0.25, -0.2) is 0 Å². The number of aromatic nitrogens is 3. The minimum atomic E-state index is -4.53. The number of halogens is 3. The number of nitro benzene ring substituents is 1. The highest BCUT2D eigenvalue weighted by Crippen LogP contribution is 2.29. The van der Waals surface area contributed by atoms with Crippen molar-refractivity contribution >= 4 is 22.9 Å². The van der Waals surface area contributed by atoms with E-state index in [4.69, 9.17) is 0 Å². The summed E-state index contributed by atoms with van der Waals surface area (Å²) < 4.78 is 39.7. The molecule has 0 aliphatic rings. The van der Waals surface area contributed by atoms with E-state index in [0.717, 1.165) is 22.7 Å². The van der Waals surface area contributed by atoms with Crippen molar-refractivity contribution in [3.63, 3.8) is 0 Å². The smallest absolute Gasteiger partial charge is 0.383 e. The number of anilines is 1. The third-order valence-corrected chi connectivity index (χ3v) is 3.93. The highest BCUT2D eigenvalue weighted by Gasteiger charge is 2.31. The Morgan fingerprint density at radius 1 is 1.25 bits per heavy atom. The van der Waals surface area contributed by atoms with E-state index in [1.807, 2.05) is 0 Å². The molecule has 1 amide bonds. The van der Waals surface area contributed by atoms with Crippen molar-refractivity contribution in [2.45, 2.75) is 12.7 Å². The van der Waals surface area contributed by atoms with Gasteiger partial charge in [0.15, 0.2) is 11.5 Å². The lowest BCUT2D eigenvalue weighted by atomic mass is 10.1. The monoisotopic (exact) mass is 394 g/mol. The predicted octanol–water partition coefficient (Wildman–Crippen LogP) is 2.63. The molecule has 0 bridgehead atoms. The van der Waals surface area contributed by atoms with E-state index in [1.54, 1.807) is 0 Å². The Morgan fingerprint density at radius 2 is 2.00 bits per heavy atom. The molecular formula is C16H13F3N6O3. The Balaban J connectivity index is 1.81. The first-order valence-corrected chi connectivity index (χ1v) is 7.86. The lowest BCUT2D eigenvalue weighted by molar-refractivity contribution is -0.384. The first kappa shape index (κ1) is 19.1. The fourth-order valence-corrected chi connectivity index (χ4v) is 2.52. The largest absolute Gasteiger partial charge is 0.417 e. The zero-order valence-corrected chi connectivity index (χ0v) is 14.3. The number of nitro groups is 1. The van der Waals surface area contributed by atoms with Crippen LogP contribution in [0, 0.1) is 10.1 Å². The minimum absolute atomic E-state index is 0.0236. The Labute approximate surface area is 155 Å². The number of carbonyl (C=O) groups excluding carboxylic acids is 1. The molecule has 12 heteroatoms. The number of rotatable bonds is 5. The molecule has 0 spiro atoms. The molecule has 2 aromatic heterocycles. The van der Waals surface area contributed by atoms with E-state index in [-0.39, 0.29) is 35.0 Å². The number of pyridine rings is 1. The van der Waals surface area contributed by atoms with Crippen molar-refractivity contribution in [2.24, 2.45) is 0 Å². The lowest BCUT2D eigenvalue weighted by Crippen LogP contribution is -2.24. The molecule has 146 valence electrons. The summed E-state index contributed by atoms with van der Waals surface area (Å²) in [7, 11) is 1.51. The summed E-state index contributed by atoms with van der Waals surface area (Å²) in [6, 6.07) is 5.92. The van der Waals surface area contributed by atoms with Crippen LogP contribution in [-0.2, 0) is 12.7 Å². The Morgan fingerprint density at radius 3 is 2.64 bits per heavy atom. The number of hydrogen-bond donors (Lipinski definition) is 2. The second-order valence-electron chi connectivity index (χ2n) is 5.68. The zero-order valence-electron chi connectivity index (χ0n) is 14.3. The molecule has 0 saturated carbocycles. The summed E-state index contributed by atoms with van der Waals surface area (Å²) in [5, 5.41) is 23.7. The fourth-order valence-electron chi connectivity index (χ4n) is 2.52. The van der Waals surface area contributed by atoms with Crippen LogP contribution in [0.5, 0.6) is 0 Å². The van der Waals surface area contributed by atoms with Crippen molar-refractivity contribution in [3.8, 4) is 0 Å². The number of hydrogen-bond acceptors (Lipinski definition) is 6. The van der Waals surface area contributed by atoms with Crippen LogP contribution in [0.25, 0.3) is 5.65 Å². The fraction of sp³-hybridized carbons (Fsp3) is 0.188. The van der Waals surface area contributed by atoms with Gasteiger partial charge in [0.05, 0.1) is 17.0 Å². The molecule has 0 atom stereocenters. The number of nitrogens with zero attached hydrogens (tertiary/aromatic N) is 4. The van der Waals surface area contributed by atoms with E-state index >= 15 is 0 Å². The van der Waals surface area contributed by atoms with Gasteiger partial charge < -0.3 is 10.6 Å². The maximum Gasteiger partial charge on any atom is 0.417 e. The normalized spacial score (nSPS) is 11.4. The molecule has 9 nitrogen and oxygen atoms in total. The number of amides is 1. The van der Waals surface area contributed by atoms with Gasteiger partial charge in [-0.1, -0.05) is 0 Å². The van der Waals surface area contributed by atoms with Crippen molar-refractivity contribution in [1.82, 2.24) is 19.9 Å². The van der Waals surface area contributed by atoms with E-state index in [1.165, 1.54) is 25.2 Å². The molecule has 2 heterocycles. The van der Waals surface area contributed by atoms with Gasteiger partial charge in [0, 0.05) is 24.9 Å². The maximum absolute atomic E-state index is 12.9. The van der Waals surface area contributed by atoms with Gasteiger partial charge in [-0.05, 0) is 24.3 Å². The summed E-state index contributed by atoms with van der Waals surface area (Å²) in [5.41, 5.74) is -0.713. The highest BCUT2D eigenvalue weighted by atomic mass is 19.4. The van der Waals surface area contributed by atoms with Gasteiger partial charge in [-0.2, -0.15) is 13.2 Å². The Bertz CT molecular complexity index is 1060. The molecule has 0 aliphatic heterocycles. The zero-order chi connectivity index (χ0) is 20.5. The second kappa shape index (κ2) is 7.13. The van der Waals surface area contributed by atoms with Crippen molar-refractivity contribution in [3.05, 3.63) is 63.6 Å². The van der Waals surface area contributed by atoms with Gasteiger partial charge in [0.25, 0.3) is 11.6 Å². The Hall–Kier alpha value is -3.70. The van der Waals surface area contributed by atoms with Crippen LogP contribution >= 0.6 is 0 Å². The molecule has 2 N–H and O–H groups in total. The van der Waals surface area contributed by atoms with E-state index < -0.39 is 22.6 Å². The highest BCUT2D eigenvalue weighted by molar-refractivity contribution is 5.95. The number of fused-ring (bicyclic) bond motifs is 1. The van der Waals surface area contributed by atoms with Gasteiger partial charge in [0.1, 0.15) is 5.69 Å². The van der Waals surface area contributed by atoms with Crippen LogP contribution in [0.3, 0.4) is 0 Å². The summed E-state index contributed by atoms with van der Waals surface area (Å²) >= 11 is 0. The van der Waals surface area contributed by atoms with Crippen LogP contribution in [0.15, 0.2) is 36.5 Å². The SMILES string of the molecule is CNc1ccc(C(=O)NCc2nnc3ccc(C(F)(F)F)cn23)cc1[N+](=O)[O-]. The van der Waals surface area contributed by atoms with Crippen LogP contribution in [0.1, 0.15) is 21.7 Å². The van der Waals surface area contributed by atoms with Crippen LogP contribution in [0.4, 0.5) is 24.5 Å². The molecule has 0 fully saturated rings. The quantitative estimate of drug-likeness (QED) is 0.508. The van der Waals surface area contributed by atoms with Gasteiger partial charge >= 0.3 is 6.18 Å². The first-order valence-electron chi connectivity index (χ1n) is 7.86. The summed E-state index contributed by atoms with van der Waals surface area (Å²) in [6.07, 6.45) is -3.70. The van der Waals surface area contributed by atoms with Gasteiger partial charge in [-0.3, -0.25) is 19.3 Å². The summed E-state index contributed by atoms with van der Waals surface area (Å²) in [5.74, 6) is -0.565. The van der Waals surface area contributed by atoms with Gasteiger partial charge in [0.2, 0.25) is 0 Å². The predicted molar refractivity (Wildman–Crippen MR) is 91.8 cm³/mol. The van der Waals surface area contributed by atoms with E-state index in [0.29, 0.717) is 0 Å². The average Bonchev–Trinajstić information content (AvgIpc) is 3.07. The van der Waals surface area contributed by atoms with Crippen LogP contribution in [-0.4, -0.2) is 32.5 Å². The van der Waals surface area contributed by atoms with Gasteiger partial charge in [-0.15, -0.1) is 10.2 Å². The van der Waals surface area contributed by atoms with Crippen molar-refractivity contribution < 1.29 is 22.9 Å². The Kier molecular flexibility index (Phi) is 4.86. The molecule has 0 aliphatic carbocycles. The maximum atomic E-state index is 12.9. The number of nitrogens with one attached hydrogen (secondary N) is 2. The van der Waals surface area contributed by atoms with E-state index in [2.05, 4.69) is 20.8 Å². The molecule has 3 aromatic rings. The van der Waals surface area contributed by atoms with Crippen LogP contribution in [0.2, 0.25) is 0 Å². The van der Waals surface area contributed by atoms with Crippen LogP contribution < -0.4 is 10.6 Å². The third-order valence-electron chi connectivity index (χ3n) is 3.93. The molecule has 1 aromatic carbocycles.